The van der Waals surface area contributed by atoms with Crippen molar-refractivity contribution in [3.05, 3.63) is 23.5 Å². The third kappa shape index (κ3) is 1.29. The van der Waals surface area contributed by atoms with Gasteiger partial charge in [0.05, 0.1) is 0 Å². The van der Waals surface area contributed by atoms with Gasteiger partial charge in [-0.15, -0.1) is 0 Å². The number of halogens is 1. The van der Waals surface area contributed by atoms with Crippen molar-refractivity contribution in [3.8, 4) is 11.5 Å². The van der Waals surface area contributed by atoms with Crippen LogP contribution in [-0.4, -0.2) is 6.79 Å². The Kier molecular flexibility index (Phi) is 2.07. The van der Waals surface area contributed by atoms with Crippen molar-refractivity contribution in [1.82, 2.24) is 0 Å². The van der Waals surface area contributed by atoms with Crippen molar-refractivity contribution in [1.29, 1.82) is 0 Å². The molecule has 3 nitrogen and oxygen atoms in total. The molecule has 2 N–H and O–H groups in total. The Bertz CT molecular complexity index is 427. The van der Waals surface area contributed by atoms with Gasteiger partial charge in [0.2, 0.25) is 12.5 Å². The van der Waals surface area contributed by atoms with E-state index >= 15 is 0 Å². The Morgan fingerprint density at radius 3 is 2.56 bits per heavy atom. The molecule has 1 aromatic carbocycles. The van der Waals surface area contributed by atoms with E-state index in [-0.39, 0.29) is 23.9 Å². The lowest BCUT2D eigenvalue weighted by atomic mass is 9.88. The summed E-state index contributed by atoms with van der Waals surface area (Å²) in [6.45, 7) is 0.0827. The zero-order chi connectivity index (χ0) is 11.2. The van der Waals surface area contributed by atoms with Gasteiger partial charge in [-0.25, -0.2) is 4.39 Å². The molecule has 0 radical (unpaired) electrons. The van der Waals surface area contributed by atoms with Crippen LogP contribution in [0.4, 0.5) is 4.39 Å². The number of nitrogens with two attached hydrogens (primary N) is 1. The van der Waals surface area contributed by atoms with Gasteiger partial charge in [-0.05, 0) is 18.9 Å². The van der Waals surface area contributed by atoms with E-state index in [0.717, 1.165) is 31.2 Å². The molecule has 1 fully saturated rings. The maximum absolute atomic E-state index is 13.4. The summed E-state index contributed by atoms with van der Waals surface area (Å²) >= 11 is 0. The fourth-order valence-electron chi connectivity index (χ4n) is 2.63. The fourth-order valence-corrected chi connectivity index (χ4v) is 2.63. The Balaban J connectivity index is 2.11. The quantitative estimate of drug-likeness (QED) is 0.794. The smallest absolute Gasteiger partial charge is 0.231 e. The van der Waals surface area contributed by atoms with E-state index in [1.54, 1.807) is 6.07 Å². The first-order valence-electron chi connectivity index (χ1n) is 5.58. The summed E-state index contributed by atoms with van der Waals surface area (Å²) in [4.78, 5) is 0. The van der Waals surface area contributed by atoms with Crippen LogP contribution in [-0.2, 0) is 5.54 Å². The maximum Gasteiger partial charge on any atom is 0.231 e. The standard InChI is InChI=1S/C12H14FNO2/c13-9-4-3-8(10-11(9)16-7-15-10)12(14)5-1-2-6-12/h3-4H,1-2,5-7,14H2. The van der Waals surface area contributed by atoms with Crippen LogP contribution in [0.15, 0.2) is 12.1 Å². The van der Waals surface area contributed by atoms with Crippen molar-refractivity contribution in [2.45, 2.75) is 31.2 Å². The summed E-state index contributed by atoms with van der Waals surface area (Å²) in [5.41, 5.74) is 6.86. The van der Waals surface area contributed by atoms with Crippen LogP contribution in [0.5, 0.6) is 11.5 Å². The molecule has 1 aromatic rings. The van der Waals surface area contributed by atoms with E-state index in [0.29, 0.717) is 5.75 Å². The molecular formula is C12H14FNO2. The third-order valence-corrected chi connectivity index (χ3v) is 3.50. The van der Waals surface area contributed by atoms with Crippen LogP contribution in [0.3, 0.4) is 0 Å². The molecule has 1 aliphatic heterocycles. The minimum atomic E-state index is -0.377. The van der Waals surface area contributed by atoms with E-state index < -0.39 is 0 Å². The molecule has 0 saturated heterocycles. The molecule has 16 heavy (non-hydrogen) atoms. The van der Waals surface area contributed by atoms with Gasteiger partial charge in [0.1, 0.15) is 0 Å². The van der Waals surface area contributed by atoms with Crippen LogP contribution in [0.1, 0.15) is 31.2 Å². The minimum absolute atomic E-state index is 0.0827. The molecule has 0 atom stereocenters. The SMILES string of the molecule is NC1(c2ccc(F)c3c2OCO3)CCCC1. The molecule has 2 aliphatic rings. The Morgan fingerprint density at radius 2 is 1.81 bits per heavy atom. The third-order valence-electron chi connectivity index (χ3n) is 3.50. The Labute approximate surface area is 93.3 Å². The van der Waals surface area contributed by atoms with Crippen LogP contribution in [0.2, 0.25) is 0 Å². The molecule has 86 valence electrons. The average molecular weight is 223 g/mol. The van der Waals surface area contributed by atoms with Crippen molar-refractivity contribution < 1.29 is 13.9 Å². The first-order valence-corrected chi connectivity index (χ1v) is 5.58. The Morgan fingerprint density at radius 1 is 1.12 bits per heavy atom. The van der Waals surface area contributed by atoms with Gasteiger partial charge in [0, 0.05) is 11.1 Å². The normalized spacial score (nSPS) is 21.4. The van der Waals surface area contributed by atoms with E-state index in [9.17, 15) is 4.39 Å². The van der Waals surface area contributed by atoms with Crippen LogP contribution < -0.4 is 15.2 Å². The lowest BCUT2D eigenvalue weighted by Gasteiger charge is -2.25. The lowest BCUT2D eigenvalue weighted by Crippen LogP contribution is -2.33. The van der Waals surface area contributed by atoms with Gasteiger partial charge < -0.3 is 15.2 Å². The van der Waals surface area contributed by atoms with Crippen molar-refractivity contribution in [2.24, 2.45) is 5.73 Å². The molecule has 3 rings (SSSR count). The average Bonchev–Trinajstić information content (AvgIpc) is 2.88. The minimum Gasteiger partial charge on any atom is -0.453 e. The second-order valence-corrected chi connectivity index (χ2v) is 4.52. The van der Waals surface area contributed by atoms with Gasteiger partial charge in [-0.2, -0.15) is 0 Å². The fraction of sp³-hybridized carbons (Fsp3) is 0.500. The Hall–Kier alpha value is -1.29. The zero-order valence-electron chi connectivity index (χ0n) is 8.96. The highest BCUT2D eigenvalue weighted by molar-refractivity contribution is 5.52. The van der Waals surface area contributed by atoms with Crippen molar-refractivity contribution in [2.75, 3.05) is 6.79 Å². The maximum atomic E-state index is 13.4. The number of ether oxygens (including phenoxy) is 2. The highest BCUT2D eigenvalue weighted by atomic mass is 19.1. The van der Waals surface area contributed by atoms with E-state index in [4.69, 9.17) is 15.2 Å². The van der Waals surface area contributed by atoms with Gasteiger partial charge in [-0.1, -0.05) is 18.9 Å². The number of hydrogen-bond donors (Lipinski definition) is 1. The summed E-state index contributed by atoms with van der Waals surface area (Å²) in [5, 5.41) is 0. The summed E-state index contributed by atoms with van der Waals surface area (Å²) in [6.07, 6.45) is 4.08. The molecule has 0 amide bonds. The molecule has 0 bridgehead atoms. The highest BCUT2D eigenvalue weighted by Gasteiger charge is 2.37. The summed E-state index contributed by atoms with van der Waals surface area (Å²) in [6, 6.07) is 3.14. The molecule has 1 aliphatic carbocycles. The topological polar surface area (TPSA) is 44.5 Å². The molecule has 1 heterocycles. The predicted octanol–water partition coefficient (Wildman–Crippen LogP) is 2.28. The number of benzene rings is 1. The second-order valence-electron chi connectivity index (χ2n) is 4.52. The van der Waals surface area contributed by atoms with Crippen LogP contribution in [0.25, 0.3) is 0 Å². The van der Waals surface area contributed by atoms with Gasteiger partial charge in [-0.3, -0.25) is 0 Å². The molecule has 0 spiro atoms. The van der Waals surface area contributed by atoms with Crippen molar-refractivity contribution >= 4 is 0 Å². The number of rotatable bonds is 1. The molecule has 0 unspecified atom stereocenters. The van der Waals surface area contributed by atoms with Crippen LogP contribution in [0, 0.1) is 5.82 Å². The van der Waals surface area contributed by atoms with Gasteiger partial charge >= 0.3 is 0 Å². The first-order chi connectivity index (χ1) is 7.71. The van der Waals surface area contributed by atoms with Gasteiger partial charge in [0.15, 0.2) is 11.6 Å². The monoisotopic (exact) mass is 223 g/mol. The van der Waals surface area contributed by atoms with E-state index in [1.165, 1.54) is 6.07 Å². The second kappa shape index (κ2) is 3.35. The number of fused-ring (bicyclic) bond motifs is 1. The first kappa shape index (κ1) is 9.90. The largest absolute Gasteiger partial charge is 0.453 e. The summed E-state index contributed by atoms with van der Waals surface area (Å²) in [5.74, 6) is 0.344. The predicted molar refractivity (Wildman–Crippen MR) is 56.9 cm³/mol. The van der Waals surface area contributed by atoms with Gasteiger partial charge in [0.25, 0.3) is 0 Å². The highest BCUT2D eigenvalue weighted by Crippen LogP contribution is 2.46. The lowest BCUT2D eigenvalue weighted by molar-refractivity contribution is 0.169. The van der Waals surface area contributed by atoms with E-state index in [2.05, 4.69) is 0 Å². The van der Waals surface area contributed by atoms with Crippen molar-refractivity contribution in [3.63, 3.8) is 0 Å². The van der Waals surface area contributed by atoms with E-state index in [1.807, 2.05) is 0 Å². The molecule has 4 heteroatoms. The zero-order valence-corrected chi connectivity index (χ0v) is 8.96. The number of hydrogen-bond acceptors (Lipinski definition) is 3. The summed E-state index contributed by atoms with van der Waals surface area (Å²) < 4.78 is 23.9. The molecule has 1 saturated carbocycles. The molecule has 0 aromatic heterocycles. The van der Waals surface area contributed by atoms with Crippen LogP contribution >= 0.6 is 0 Å². The summed E-state index contributed by atoms with van der Waals surface area (Å²) in [7, 11) is 0. The molecular weight excluding hydrogens is 209 g/mol.